The summed E-state index contributed by atoms with van der Waals surface area (Å²) in [7, 11) is 0. The second kappa shape index (κ2) is 9.08. The number of hydrogen-bond donors (Lipinski definition) is 2. The molecule has 1 aliphatic heterocycles. The fourth-order valence-electron chi connectivity index (χ4n) is 4.36. The van der Waals surface area contributed by atoms with Gasteiger partial charge < -0.3 is 10.3 Å². The highest BCUT2D eigenvalue weighted by Crippen LogP contribution is 2.43. The fourth-order valence-corrected chi connectivity index (χ4v) is 5.31. The van der Waals surface area contributed by atoms with Crippen molar-refractivity contribution >= 4 is 40.7 Å². The van der Waals surface area contributed by atoms with Gasteiger partial charge in [-0.15, -0.1) is 0 Å². The minimum absolute atomic E-state index is 0.0256. The van der Waals surface area contributed by atoms with Crippen LogP contribution in [0.5, 0.6) is 0 Å². The minimum Gasteiger partial charge on any atom is -0.343 e. The van der Waals surface area contributed by atoms with Gasteiger partial charge in [0.1, 0.15) is 5.82 Å². The Bertz CT molecular complexity index is 1380. The number of Topliss-reactive ketones (excluding diaryl/α,β-unsaturated/α-hetero) is 1. The van der Waals surface area contributed by atoms with E-state index in [2.05, 4.69) is 15.3 Å². The van der Waals surface area contributed by atoms with Crippen LogP contribution in [-0.4, -0.2) is 20.7 Å². The van der Waals surface area contributed by atoms with Crippen molar-refractivity contribution in [3.05, 3.63) is 102 Å². The molecule has 1 aromatic heterocycles. The second-order valence-corrected chi connectivity index (χ2v) is 9.52. The van der Waals surface area contributed by atoms with Gasteiger partial charge in [0.15, 0.2) is 10.9 Å². The average Bonchev–Trinajstić information content (AvgIpc) is 2.82. The van der Waals surface area contributed by atoms with E-state index < -0.39 is 10.8 Å². The van der Waals surface area contributed by atoms with Crippen molar-refractivity contribution < 1.29 is 9.72 Å². The molecule has 1 atom stereocenters. The average molecular weight is 495 g/mol. The smallest absolute Gasteiger partial charge is 0.269 e. The number of nitro groups is 1. The maximum absolute atomic E-state index is 13.3. The first-order valence-electron chi connectivity index (χ1n) is 10.7. The number of aromatic nitrogens is 2. The summed E-state index contributed by atoms with van der Waals surface area (Å²) in [4.78, 5) is 44.1. The van der Waals surface area contributed by atoms with Crippen molar-refractivity contribution in [2.45, 2.75) is 36.1 Å². The van der Waals surface area contributed by atoms with Crippen molar-refractivity contribution in [3.63, 3.8) is 0 Å². The number of nitrogens with zero attached hydrogens (tertiary/aromatic N) is 2. The number of benzene rings is 2. The van der Waals surface area contributed by atoms with Gasteiger partial charge in [-0.3, -0.25) is 19.7 Å². The van der Waals surface area contributed by atoms with Gasteiger partial charge in [0, 0.05) is 46.5 Å². The first kappa shape index (κ1) is 22.4. The van der Waals surface area contributed by atoms with Gasteiger partial charge in [-0.05, 0) is 36.1 Å². The predicted octanol–water partition coefficient (Wildman–Crippen LogP) is 5.19. The Labute approximate surface area is 203 Å². The molecule has 34 heavy (non-hydrogen) atoms. The lowest BCUT2D eigenvalue weighted by Crippen LogP contribution is -2.32. The van der Waals surface area contributed by atoms with Gasteiger partial charge in [0.2, 0.25) is 0 Å². The molecule has 1 aliphatic carbocycles. The molecular formula is C24H19ClN4O4S. The van der Waals surface area contributed by atoms with Crippen LogP contribution < -0.4 is 10.9 Å². The normalized spacial score (nSPS) is 17.1. The molecule has 2 aliphatic rings. The van der Waals surface area contributed by atoms with Gasteiger partial charge >= 0.3 is 0 Å². The van der Waals surface area contributed by atoms with E-state index in [0.717, 1.165) is 23.2 Å². The summed E-state index contributed by atoms with van der Waals surface area (Å²) in [6.07, 6.45) is 1.91. The predicted molar refractivity (Wildman–Crippen MR) is 130 cm³/mol. The molecule has 2 heterocycles. The molecule has 0 spiro atoms. The number of H-pyrrole nitrogens is 1. The highest BCUT2D eigenvalue weighted by molar-refractivity contribution is 7.98. The highest BCUT2D eigenvalue weighted by atomic mass is 35.5. The molecule has 172 valence electrons. The van der Waals surface area contributed by atoms with Crippen LogP contribution in [0.15, 0.2) is 69.8 Å². The van der Waals surface area contributed by atoms with Crippen molar-refractivity contribution in [1.29, 1.82) is 0 Å². The van der Waals surface area contributed by atoms with E-state index in [4.69, 9.17) is 11.6 Å². The van der Waals surface area contributed by atoms with Crippen LogP contribution in [0.1, 0.15) is 41.9 Å². The zero-order valence-electron chi connectivity index (χ0n) is 17.8. The Morgan fingerprint density at radius 1 is 1.09 bits per heavy atom. The minimum atomic E-state index is -0.513. The van der Waals surface area contributed by atoms with E-state index >= 15 is 0 Å². The molecule has 2 N–H and O–H groups in total. The Hall–Kier alpha value is -3.43. The third kappa shape index (κ3) is 4.24. The van der Waals surface area contributed by atoms with Gasteiger partial charge in [0.25, 0.3) is 11.2 Å². The number of nitro benzene ring substituents is 1. The number of allylic oxidation sites excluding steroid dienone is 2. The van der Waals surface area contributed by atoms with Crippen LogP contribution >= 0.6 is 23.4 Å². The summed E-state index contributed by atoms with van der Waals surface area (Å²) in [5, 5.41) is 15.1. The van der Waals surface area contributed by atoms with Crippen LogP contribution in [0, 0.1) is 10.1 Å². The van der Waals surface area contributed by atoms with Crippen LogP contribution in [0.2, 0.25) is 5.02 Å². The SMILES string of the molecule is O=C1CCCC2=C1[C@@H](c1ccc(Cl)cc1)c1c(nc(SCc3ccc([N+](=O)[O-])cc3)[nH]c1=O)N2. The number of non-ortho nitro benzene ring substituents is 1. The number of halogens is 1. The van der Waals surface area contributed by atoms with Gasteiger partial charge in [-0.2, -0.15) is 0 Å². The topological polar surface area (TPSA) is 118 Å². The molecule has 0 bridgehead atoms. The van der Waals surface area contributed by atoms with E-state index in [1.54, 1.807) is 24.3 Å². The van der Waals surface area contributed by atoms with Crippen LogP contribution in [-0.2, 0) is 10.5 Å². The Morgan fingerprint density at radius 3 is 2.53 bits per heavy atom. The zero-order chi connectivity index (χ0) is 23.8. The number of carbonyl (C=O) groups excluding carboxylic acids is 1. The Morgan fingerprint density at radius 2 is 1.82 bits per heavy atom. The highest BCUT2D eigenvalue weighted by Gasteiger charge is 2.37. The summed E-state index contributed by atoms with van der Waals surface area (Å²) < 4.78 is 0. The van der Waals surface area contributed by atoms with Gasteiger partial charge in [-0.25, -0.2) is 4.98 Å². The third-order valence-electron chi connectivity index (χ3n) is 5.96. The third-order valence-corrected chi connectivity index (χ3v) is 7.16. The van der Waals surface area contributed by atoms with Crippen molar-refractivity contribution in [2.75, 3.05) is 5.32 Å². The number of fused-ring (bicyclic) bond motifs is 1. The lowest BCUT2D eigenvalue weighted by atomic mass is 9.76. The van der Waals surface area contributed by atoms with E-state index in [0.29, 0.717) is 45.7 Å². The summed E-state index contributed by atoms with van der Waals surface area (Å²) in [6, 6.07) is 13.4. The van der Waals surface area contributed by atoms with Crippen molar-refractivity contribution in [2.24, 2.45) is 0 Å². The quantitative estimate of drug-likeness (QED) is 0.217. The summed E-state index contributed by atoms with van der Waals surface area (Å²) in [5.74, 6) is 0.451. The molecule has 0 fully saturated rings. The van der Waals surface area contributed by atoms with Crippen LogP contribution in [0.25, 0.3) is 0 Å². The number of nitrogens with one attached hydrogen (secondary N) is 2. The van der Waals surface area contributed by atoms with E-state index in [1.807, 2.05) is 12.1 Å². The lowest BCUT2D eigenvalue weighted by molar-refractivity contribution is -0.384. The maximum atomic E-state index is 13.3. The number of anilines is 1. The number of rotatable bonds is 5. The van der Waals surface area contributed by atoms with E-state index in [1.165, 1.54) is 23.9 Å². The maximum Gasteiger partial charge on any atom is 0.269 e. The number of ketones is 1. The first-order valence-corrected chi connectivity index (χ1v) is 12.1. The molecule has 0 saturated heterocycles. The standard InChI is InChI=1S/C24H19ClN4O4S/c25-15-8-6-14(7-9-15)19-20-17(2-1-3-18(20)30)26-22-21(19)23(31)28-24(27-22)34-12-13-4-10-16(11-5-13)29(32)33/h4-11,19H,1-3,12H2,(H2,26,27,28,31)/t19-/m1/s1. The van der Waals surface area contributed by atoms with Gasteiger partial charge in [-0.1, -0.05) is 47.6 Å². The molecular weight excluding hydrogens is 476 g/mol. The number of carbonyl (C=O) groups is 1. The molecule has 0 unspecified atom stereocenters. The Balaban J connectivity index is 1.50. The van der Waals surface area contributed by atoms with Crippen molar-refractivity contribution in [3.8, 4) is 0 Å². The van der Waals surface area contributed by atoms with Crippen molar-refractivity contribution in [1.82, 2.24) is 9.97 Å². The summed E-state index contributed by atoms with van der Waals surface area (Å²) in [6.45, 7) is 0. The number of thioether (sulfide) groups is 1. The molecule has 10 heteroatoms. The first-order chi connectivity index (χ1) is 16.4. The van der Waals surface area contributed by atoms with E-state index in [-0.39, 0.29) is 17.0 Å². The molecule has 0 amide bonds. The summed E-state index contributed by atoms with van der Waals surface area (Å²) >= 11 is 7.40. The van der Waals surface area contributed by atoms with E-state index in [9.17, 15) is 19.7 Å². The molecule has 8 nitrogen and oxygen atoms in total. The lowest BCUT2D eigenvalue weighted by Gasteiger charge is -2.32. The monoisotopic (exact) mass is 494 g/mol. The molecule has 2 aromatic carbocycles. The summed E-state index contributed by atoms with van der Waals surface area (Å²) in [5.41, 5.74) is 3.24. The second-order valence-electron chi connectivity index (χ2n) is 8.12. The zero-order valence-corrected chi connectivity index (χ0v) is 19.4. The fraction of sp³-hybridized carbons (Fsp3) is 0.208. The van der Waals surface area contributed by atoms with Crippen LogP contribution in [0.3, 0.4) is 0 Å². The number of aromatic amines is 1. The largest absolute Gasteiger partial charge is 0.343 e. The molecule has 3 aromatic rings. The van der Waals surface area contributed by atoms with Gasteiger partial charge in [0.05, 0.1) is 10.5 Å². The Kier molecular flexibility index (Phi) is 5.97. The van der Waals surface area contributed by atoms with Crippen LogP contribution in [0.4, 0.5) is 11.5 Å². The molecule has 0 saturated carbocycles. The number of hydrogen-bond acceptors (Lipinski definition) is 7. The molecule has 0 radical (unpaired) electrons. The molecule has 5 rings (SSSR count).